The summed E-state index contributed by atoms with van der Waals surface area (Å²) in [6.45, 7) is 1.80. The Labute approximate surface area is 166 Å². The molecule has 0 unspecified atom stereocenters. The number of nitro groups is 1. The second-order valence-electron chi connectivity index (χ2n) is 5.85. The van der Waals surface area contributed by atoms with E-state index in [-0.39, 0.29) is 13.0 Å². The summed E-state index contributed by atoms with van der Waals surface area (Å²) in [6, 6.07) is 11.8. The Bertz CT molecular complexity index is 901. The quantitative estimate of drug-likeness (QED) is 0.352. The van der Waals surface area contributed by atoms with Gasteiger partial charge in [0.25, 0.3) is 5.91 Å². The first-order valence-corrected chi connectivity index (χ1v) is 8.68. The van der Waals surface area contributed by atoms with Crippen molar-refractivity contribution in [1.29, 1.82) is 0 Å². The monoisotopic (exact) mass is 400 g/mol. The second kappa shape index (κ2) is 10.4. The number of hydrogen-bond acceptors (Lipinski definition) is 7. The minimum absolute atomic E-state index is 0.156. The van der Waals surface area contributed by atoms with Gasteiger partial charge in [-0.15, -0.1) is 0 Å². The summed E-state index contributed by atoms with van der Waals surface area (Å²) < 4.78 is 4.82. The Kier molecular flexibility index (Phi) is 7.66. The van der Waals surface area contributed by atoms with E-state index in [1.165, 1.54) is 12.3 Å². The number of phenols is 1. The number of hydrogen-bond donors (Lipinski definition) is 3. The molecule has 3 N–H and O–H groups in total. The highest BCUT2D eigenvalue weighted by Gasteiger charge is 2.21. The molecule has 2 aromatic rings. The molecule has 0 saturated carbocycles. The summed E-state index contributed by atoms with van der Waals surface area (Å²) >= 11 is 0. The van der Waals surface area contributed by atoms with Gasteiger partial charge in [-0.05, 0) is 24.6 Å². The van der Waals surface area contributed by atoms with Crippen LogP contribution in [0.5, 0.6) is 5.75 Å². The summed E-state index contributed by atoms with van der Waals surface area (Å²) in [4.78, 5) is 34.3. The fourth-order valence-corrected chi connectivity index (χ4v) is 2.39. The number of carbonyl (C=O) groups excluding carboxylic acids is 2. The molecule has 0 heterocycles. The average Bonchev–Trinajstić information content (AvgIpc) is 2.69. The maximum absolute atomic E-state index is 12.5. The summed E-state index contributed by atoms with van der Waals surface area (Å²) in [7, 11) is 0. The molecular formula is C19H20N4O6. The molecule has 0 aliphatic carbocycles. The molecule has 152 valence electrons. The van der Waals surface area contributed by atoms with Crippen LogP contribution in [0.4, 0.5) is 10.5 Å². The fraction of sp³-hybridized carbons (Fsp3) is 0.211. The highest BCUT2D eigenvalue weighted by atomic mass is 16.6. The van der Waals surface area contributed by atoms with E-state index in [4.69, 9.17) is 4.74 Å². The number of nitrogens with zero attached hydrogens (tertiary/aromatic N) is 2. The second-order valence-corrected chi connectivity index (χ2v) is 5.85. The number of benzene rings is 2. The van der Waals surface area contributed by atoms with Crippen molar-refractivity contribution in [2.24, 2.45) is 5.10 Å². The number of nitro benzene ring substituents is 1. The molecule has 2 amide bonds. The van der Waals surface area contributed by atoms with Crippen LogP contribution in [0.15, 0.2) is 53.6 Å². The van der Waals surface area contributed by atoms with Gasteiger partial charge in [-0.1, -0.05) is 30.3 Å². The van der Waals surface area contributed by atoms with Crippen LogP contribution in [-0.2, 0) is 16.0 Å². The van der Waals surface area contributed by atoms with Gasteiger partial charge in [-0.2, -0.15) is 5.10 Å². The summed E-state index contributed by atoms with van der Waals surface area (Å²) in [5, 5.41) is 26.5. The molecule has 10 heteroatoms. The zero-order chi connectivity index (χ0) is 21.2. The predicted octanol–water partition coefficient (Wildman–Crippen LogP) is 2.11. The number of rotatable bonds is 8. The maximum atomic E-state index is 12.5. The number of nitrogens with one attached hydrogen (secondary N) is 2. The molecule has 0 saturated heterocycles. The van der Waals surface area contributed by atoms with Crippen molar-refractivity contribution in [1.82, 2.24) is 10.7 Å². The molecule has 2 aromatic carbocycles. The van der Waals surface area contributed by atoms with Gasteiger partial charge in [-0.25, -0.2) is 10.2 Å². The van der Waals surface area contributed by atoms with Crippen molar-refractivity contribution in [3.05, 3.63) is 69.8 Å². The molecular weight excluding hydrogens is 380 g/mol. The van der Waals surface area contributed by atoms with Crippen LogP contribution in [0.2, 0.25) is 0 Å². The van der Waals surface area contributed by atoms with E-state index in [0.717, 1.165) is 17.7 Å². The molecule has 0 fully saturated rings. The van der Waals surface area contributed by atoms with Gasteiger partial charge in [0, 0.05) is 18.1 Å². The molecule has 1 atom stereocenters. The first-order chi connectivity index (χ1) is 13.9. The van der Waals surface area contributed by atoms with Crippen LogP contribution in [0.25, 0.3) is 0 Å². The summed E-state index contributed by atoms with van der Waals surface area (Å²) in [5.41, 5.74) is 2.93. The minimum Gasteiger partial charge on any atom is -0.502 e. The summed E-state index contributed by atoms with van der Waals surface area (Å²) in [5.74, 6) is -1.07. The molecule has 0 aromatic heterocycles. The topological polar surface area (TPSA) is 143 Å². The largest absolute Gasteiger partial charge is 0.502 e. The Morgan fingerprint density at radius 1 is 1.28 bits per heavy atom. The molecule has 0 radical (unpaired) electrons. The number of aromatic hydroxyl groups is 1. The first kappa shape index (κ1) is 21.4. The average molecular weight is 400 g/mol. The molecule has 0 bridgehead atoms. The van der Waals surface area contributed by atoms with E-state index >= 15 is 0 Å². The third-order valence-corrected chi connectivity index (χ3v) is 3.75. The van der Waals surface area contributed by atoms with Crippen molar-refractivity contribution in [2.75, 3.05) is 6.61 Å². The lowest BCUT2D eigenvalue weighted by Crippen LogP contribution is -2.47. The van der Waals surface area contributed by atoms with E-state index in [1.54, 1.807) is 6.92 Å². The number of hydrazone groups is 1. The summed E-state index contributed by atoms with van der Waals surface area (Å²) in [6.07, 6.45) is 0.668. The number of phenolic OH excluding ortho intramolecular Hbond substituents is 1. The number of ether oxygens (including phenoxy) is 1. The lowest BCUT2D eigenvalue weighted by atomic mass is 10.1. The molecule has 10 nitrogen and oxygen atoms in total. The fourth-order valence-electron chi connectivity index (χ4n) is 2.39. The predicted molar refractivity (Wildman–Crippen MR) is 105 cm³/mol. The SMILES string of the molecule is CCOC(=O)N[C@H](Cc1ccccc1)C(=O)N/N=C\c1ccc(O)c([N+](=O)[O-])c1. The molecule has 0 aliphatic heterocycles. The molecule has 2 rings (SSSR count). The third-order valence-electron chi connectivity index (χ3n) is 3.75. The van der Waals surface area contributed by atoms with Gasteiger partial charge < -0.3 is 15.2 Å². The van der Waals surface area contributed by atoms with E-state index in [9.17, 15) is 24.8 Å². The van der Waals surface area contributed by atoms with Crippen LogP contribution in [0, 0.1) is 10.1 Å². The smallest absolute Gasteiger partial charge is 0.407 e. The molecule has 0 aliphatic rings. The maximum Gasteiger partial charge on any atom is 0.407 e. The first-order valence-electron chi connectivity index (χ1n) is 8.68. The highest BCUT2D eigenvalue weighted by Crippen LogP contribution is 2.25. The van der Waals surface area contributed by atoms with Gasteiger partial charge in [0.15, 0.2) is 5.75 Å². The van der Waals surface area contributed by atoms with Crippen LogP contribution in [0.1, 0.15) is 18.1 Å². The molecule has 29 heavy (non-hydrogen) atoms. The Balaban J connectivity index is 2.08. The van der Waals surface area contributed by atoms with Gasteiger partial charge in [-0.3, -0.25) is 14.9 Å². The van der Waals surface area contributed by atoms with E-state index < -0.39 is 34.4 Å². The van der Waals surface area contributed by atoms with Crippen LogP contribution >= 0.6 is 0 Å². The van der Waals surface area contributed by atoms with Crippen molar-refractivity contribution >= 4 is 23.9 Å². The highest BCUT2D eigenvalue weighted by molar-refractivity contribution is 5.88. The minimum atomic E-state index is -0.942. The molecule has 0 spiro atoms. The van der Waals surface area contributed by atoms with Crippen molar-refractivity contribution in [3.63, 3.8) is 0 Å². The van der Waals surface area contributed by atoms with Crippen LogP contribution < -0.4 is 10.7 Å². The van der Waals surface area contributed by atoms with E-state index in [1.807, 2.05) is 30.3 Å². The zero-order valence-electron chi connectivity index (χ0n) is 15.6. The van der Waals surface area contributed by atoms with Gasteiger partial charge >= 0.3 is 11.8 Å². The van der Waals surface area contributed by atoms with Crippen molar-refractivity contribution in [2.45, 2.75) is 19.4 Å². The lowest BCUT2D eigenvalue weighted by molar-refractivity contribution is -0.385. The van der Waals surface area contributed by atoms with Crippen molar-refractivity contribution in [3.8, 4) is 5.75 Å². The van der Waals surface area contributed by atoms with E-state index in [2.05, 4.69) is 15.8 Å². The van der Waals surface area contributed by atoms with E-state index in [0.29, 0.717) is 5.56 Å². The third kappa shape index (κ3) is 6.61. The normalized spacial score (nSPS) is 11.6. The Morgan fingerprint density at radius 3 is 2.66 bits per heavy atom. The standard InChI is InChI=1S/C19H20N4O6/c1-2-29-19(26)21-15(10-13-6-4-3-5-7-13)18(25)22-20-12-14-8-9-17(24)16(11-14)23(27)28/h3-9,11-12,15,24H,2,10H2,1H3,(H,21,26)(H,22,25)/b20-12-/t15-/m1/s1. The zero-order valence-corrected chi connectivity index (χ0v) is 15.6. The van der Waals surface area contributed by atoms with Gasteiger partial charge in [0.05, 0.1) is 17.7 Å². The van der Waals surface area contributed by atoms with Crippen molar-refractivity contribution < 1.29 is 24.4 Å². The number of carbonyl (C=O) groups is 2. The Morgan fingerprint density at radius 2 is 2.00 bits per heavy atom. The van der Waals surface area contributed by atoms with Crippen LogP contribution in [-0.4, -0.2) is 40.9 Å². The number of amides is 2. The van der Waals surface area contributed by atoms with Gasteiger partial charge in [0.2, 0.25) is 0 Å². The van der Waals surface area contributed by atoms with Crippen LogP contribution in [0.3, 0.4) is 0 Å². The Hall–Kier alpha value is -3.95. The number of alkyl carbamates (subject to hydrolysis) is 1. The van der Waals surface area contributed by atoms with Gasteiger partial charge in [0.1, 0.15) is 6.04 Å². The lowest BCUT2D eigenvalue weighted by Gasteiger charge is -2.16.